The molecule has 0 saturated carbocycles. The number of allylic oxidation sites excluding steroid dienone is 1. The first kappa shape index (κ1) is 22.6. The van der Waals surface area contributed by atoms with Crippen LogP contribution in [0.3, 0.4) is 0 Å². The van der Waals surface area contributed by atoms with Gasteiger partial charge in [0.15, 0.2) is 5.78 Å². The van der Waals surface area contributed by atoms with Gasteiger partial charge < -0.3 is 19.9 Å². The van der Waals surface area contributed by atoms with Gasteiger partial charge in [-0.1, -0.05) is 12.1 Å². The molecule has 0 fully saturated rings. The quantitative estimate of drug-likeness (QED) is 0.697. The summed E-state index contributed by atoms with van der Waals surface area (Å²) in [5.74, 6) is -0.233. The molecule has 1 aliphatic rings. The van der Waals surface area contributed by atoms with Crippen LogP contribution in [0.15, 0.2) is 59.8 Å². The van der Waals surface area contributed by atoms with Crippen LogP contribution in [0, 0.1) is 5.92 Å². The van der Waals surface area contributed by atoms with Gasteiger partial charge >= 0.3 is 0 Å². The van der Waals surface area contributed by atoms with Crippen LogP contribution >= 0.6 is 0 Å². The van der Waals surface area contributed by atoms with Gasteiger partial charge in [0.2, 0.25) is 0 Å². The molecule has 3 rings (SSSR count). The number of hydrogen-bond donors (Lipinski definition) is 2. The van der Waals surface area contributed by atoms with Crippen LogP contribution in [0.25, 0.3) is 0 Å². The number of methoxy groups -OCH3 is 2. The summed E-state index contributed by atoms with van der Waals surface area (Å²) in [4.78, 5) is 25.5. The van der Waals surface area contributed by atoms with Gasteiger partial charge in [-0.25, -0.2) is 0 Å². The van der Waals surface area contributed by atoms with Crippen molar-refractivity contribution in [3.63, 3.8) is 0 Å². The van der Waals surface area contributed by atoms with Crippen LogP contribution in [0.2, 0.25) is 0 Å². The first-order chi connectivity index (χ1) is 14.7. The number of hydrogen-bond acceptors (Lipinski definition) is 6. The molecule has 0 aliphatic heterocycles. The second kappa shape index (κ2) is 8.94. The van der Waals surface area contributed by atoms with Crippen molar-refractivity contribution >= 4 is 17.3 Å². The Kier molecular flexibility index (Phi) is 6.51. The fourth-order valence-corrected chi connectivity index (χ4v) is 4.51. The zero-order valence-electron chi connectivity index (χ0n) is 18.6. The first-order valence-electron chi connectivity index (χ1n) is 10.2. The van der Waals surface area contributed by atoms with Crippen molar-refractivity contribution in [1.29, 1.82) is 0 Å². The highest BCUT2D eigenvalue weighted by Gasteiger charge is 2.49. The Balaban J connectivity index is 2.15. The van der Waals surface area contributed by atoms with Crippen LogP contribution in [0.5, 0.6) is 11.5 Å². The van der Waals surface area contributed by atoms with Gasteiger partial charge in [-0.3, -0.25) is 9.59 Å². The maximum absolute atomic E-state index is 12.9. The fraction of sp³-hybridized carbons (Fsp3) is 0.360. The van der Waals surface area contributed by atoms with Gasteiger partial charge in [0.1, 0.15) is 17.3 Å². The second-order valence-corrected chi connectivity index (χ2v) is 8.18. The van der Waals surface area contributed by atoms with E-state index in [9.17, 15) is 14.7 Å². The highest BCUT2D eigenvalue weighted by molar-refractivity contribution is 5.98. The second-order valence-electron chi connectivity index (χ2n) is 8.18. The Hall–Kier alpha value is -3.12. The topological polar surface area (TPSA) is 84.9 Å². The highest BCUT2D eigenvalue weighted by atomic mass is 16.5. The van der Waals surface area contributed by atoms with E-state index in [1.165, 1.54) is 13.8 Å². The van der Waals surface area contributed by atoms with Crippen molar-refractivity contribution in [3.05, 3.63) is 65.4 Å². The average molecular weight is 424 g/mol. The molecule has 0 spiro atoms. The van der Waals surface area contributed by atoms with Gasteiger partial charge in [0.05, 0.1) is 25.7 Å². The number of ether oxygens (including phenoxy) is 2. The molecule has 0 heterocycles. The molecule has 6 nitrogen and oxygen atoms in total. The SMILES string of the molecule is COc1ccc(NC2=C(C(C)=O)[C@@H](c3ccc(OC)cc3)[C@@H](C(C)=O)[C@](C)(O)C2)cc1. The zero-order chi connectivity index (χ0) is 22.8. The molecule has 2 aromatic rings. The third-order valence-electron chi connectivity index (χ3n) is 5.85. The molecular formula is C25H29NO5. The Morgan fingerprint density at radius 2 is 1.48 bits per heavy atom. The number of anilines is 1. The molecule has 2 aromatic carbocycles. The molecule has 2 N–H and O–H groups in total. The minimum Gasteiger partial charge on any atom is -0.497 e. The number of rotatable bonds is 7. The smallest absolute Gasteiger partial charge is 0.158 e. The van der Waals surface area contributed by atoms with Gasteiger partial charge in [-0.15, -0.1) is 0 Å². The molecule has 31 heavy (non-hydrogen) atoms. The van der Waals surface area contributed by atoms with Crippen molar-refractivity contribution in [3.8, 4) is 11.5 Å². The summed E-state index contributed by atoms with van der Waals surface area (Å²) >= 11 is 0. The monoisotopic (exact) mass is 423 g/mol. The van der Waals surface area contributed by atoms with Crippen molar-refractivity contribution in [2.45, 2.75) is 38.7 Å². The number of benzene rings is 2. The summed E-state index contributed by atoms with van der Waals surface area (Å²) in [7, 11) is 3.18. The van der Waals surface area contributed by atoms with Crippen molar-refractivity contribution in [1.82, 2.24) is 0 Å². The summed E-state index contributed by atoms with van der Waals surface area (Å²) in [6.07, 6.45) is 0.158. The third-order valence-corrected chi connectivity index (χ3v) is 5.85. The molecule has 164 valence electrons. The van der Waals surface area contributed by atoms with E-state index >= 15 is 0 Å². The van der Waals surface area contributed by atoms with E-state index < -0.39 is 17.4 Å². The van der Waals surface area contributed by atoms with Crippen molar-refractivity contribution in [2.75, 3.05) is 19.5 Å². The van der Waals surface area contributed by atoms with Crippen LogP contribution in [-0.2, 0) is 9.59 Å². The molecule has 0 unspecified atom stereocenters. The van der Waals surface area contributed by atoms with Crippen LogP contribution < -0.4 is 14.8 Å². The van der Waals surface area contributed by atoms with E-state index in [1.54, 1.807) is 33.3 Å². The molecule has 1 aliphatic carbocycles. The van der Waals surface area contributed by atoms with Gasteiger partial charge in [-0.05, 0) is 62.7 Å². The minimum absolute atomic E-state index is 0.140. The van der Waals surface area contributed by atoms with Crippen LogP contribution in [0.4, 0.5) is 5.69 Å². The van der Waals surface area contributed by atoms with E-state index in [2.05, 4.69) is 5.32 Å². The number of Topliss-reactive ketones (excluding diaryl/α,β-unsaturated/α-hetero) is 2. The van der Waals surface area contributed by atoms with Crippen LogP contribution in [-0.4, -0.2) is 36.5 Å². The molecule has 3 atom stereocenters. The summed E-state index contributed by atoms with van der Waals surface area (Å²) in [5.41, 5.74) is 1.33. The Morgan fingerprint density at radius 3 is 1.94 bits per heavy atom. The summed E-state index contributed by atoms with van der Waals surface area (Å²) in [5, 5.41) is 14.6. The maximum atomic E-state index is 12.9. The van der Waals surface area contributed by atoms with E-state index in [-0.39, 0.29) is 18.0 Å². The largest absolute Gasteiger partial charge is 0.497 e. The third kappa shape index (κ3) is 4.64. The minimum atomic E-state index is -1.33. The predicted molar refractivity (Wildman–Crippen MR) is 119 cm³/mol. The Bertz CT molecular complexity index is 990. The molecule has 0 amide bonds. The highest BCUT2D eigenvalue weighted by Crippen LogP contribution is 2.48. The normalized spacial score (nSPS) is 23.3. The predicted octanol–water partition coefficient (Wildman–Crippen LogP) is 4.10. The lowest BCUT2D eigenvalue weighted by molar-refractivity contribution is -0.131. The molecule has 0 saturated heterocycles. The van der Waals surface area contributed by atoms with Crippen LogP contribution in [0.1, 0.15) is 38.7 Å². The van der Waals surface area contributed by atoms with E-state index in [0.717, 1.165) is 17.0 Å². The van der Waals surface area contributed by atoms with Crippen molar-refractivity contribution < 1.29 is 24.2 Å². The number of carbonyl (C=O) groups excluding carboxylic acids is 2. The molecule has 6 heteroatoms. The van der Waals surface area contributed by atoms with Crippen molar-refractivity contribution in [2.24, 2.45) is 5.92 Å². The summed E-state index contributed by atoms with van der Waals surface area (Å²) in [6, 6.07) is 14.6. The van der Waals surface area contributed by atoms with Gasteiger partial charge in [-0.2, -0.15) is 0 Å². The lowest BCUT2D eigenvalue weighted by Gasteiger charge is -2.43. The number of carbonyl (C=O) groups is 2. The summed E-state index contributed by atoms with van der Waals surface area (Å²) in [6.45, 7) is 4.62. The number of ketones is 2. The summed E-state index contributed by atoms with van der Waals surface area (Å²) < 4.78 is 10.5. The number of aliphatic hydroxyl groups is 1. The molecular weight excluding hydrogens is 394 g/mol. The first-order valence-corrected chi connectivity index (χ1v) is 10.2. The Morgan fingerprint density at radius 1 is 0.968 bits per heavy atom. The van der Waals surface area contributed by atoms with Gasteiger partial charge in [0, 0.05) is 29.3 Å². The fourth-order valence-electron chi connectivity index (χ4n) is 4.51. The standard InChI is InChI=1S/C25H29NO5/c1-15(27)22-21(26-18-8-12-20(31-5)13-9-18)14-25(3,29)24(16(2)28)23(22)17-6-10-19(30-4)11-7-17/h6-13,23-24,26,29H,14H2,1-5H3/t23-,24-,25-/m1/s1. The number of nitrogens with one attached hydrogen (secondary N) is 1. The Labute approximate surface area is 182 Å². The van der Waals surface area contributed by atoms with Gasteiger partial charge in [0.25, 0.3) is 0 Å². The molecule has 0 bridgehead atoms. The van der Waals surface area contributed by atoms with E-state index in [1.807, 2.05) is 36.4 Å². The molecule has 0 radical (unpaired) electrons. The molecule has 0 aromatic heterocycles. The van der Waals surface area contributed by atoms with E-state index in [0.29, 0.717) is 17.0 Å². The maximum Gasteiger partial charge on any atom is 0.158 e. The zero-order valence-corrected chi connectivity index (χ0v) is 18.6. The lowest BCUT2D eigenvalue weighted by Crippen LogP contribution is -2.48. The average Bonchev–Trinajstić information content (AvgIpc) is 2.72. The lowest BCUT2D eigenvalue weighted by atomic mass is 9.64. The van der Waals surface area contributed by atoms with E-state index in [4.69, 9.17) is 9.47 Å².